The van der Waals surface area contributed by atoms with Crippen molar-refractivity contribution >= 4 is 28.9 Å². The second-order valence-corrected chi connectivity index (χ2v) is 7.32. The molecule has 29 heavy (non-hydrogen) atoms. The molecule has 152 valence electrons. The Morgan fingerprint density at radius 3 is 2.55 bits per heavy atom. The topological polar surface area (TPSA) is 102 Å². The lowest BCUT2D eigenvalue weighted by atomic mass is 10.0. The van der Waals surface area contributed by atoms with Crippen LogP contribution in [0.4, 0.5) is 4.79 Å². The van der Waals surface area contributed by atoms with Crippen LogP contribution in [0.25, 0.3) is 11.0 Å². The number of aromatic nitrogens is 2. The highest BCUT2D eigenvalue weighted by Crippen LogP contribution is 2.22. The molecule has 4 rings (SSSR count). The van der Waals surface area contributed by atoms with Crippen LogP contribution in [0, 0.1) is 6.92 Å². The Bertz CT molecular complexity index is 1050. The minimum atomic E-state index is -0.622. The summed E-state index contributed by atoms with van der Waals surface area (Å²) in [7, 11) is 0. The van der Waals surface area contributed by atoms with E-state index in [4.69, 9.17) is 4.74 Å². The largest absolute Gasteiger partial charge is 0.439 e. The van der Waals surface area contributed by atoms with Gasteiger partial charge in [-0.3, -0.25) is 14.4 Å². The van der Waals surface area contributed by atoms with Crippen molar-refractivity contribution in [3.8, 4) is 0 Å². The second-order valence-electron chi connectivity index (χ2n) is 7.32. The number of piperidine rings is 1. The number of pyridine rings is 2. The van der Waals surface area contributed by atoms with Crippen LogP contribution in [0.2, 0.25) is 0 Å². The average molecular weight is 398 g/mol. The first kappa shape index (κ1) is 19.1. The van der Waals surface area contributed by atoms with E-state index < -0.39 is 6.09 Å². The van der Waals surface area contributed by atoms with Crippen LogP contribution >= 0.6 is 0 Å². The lowest BCUT2D eigenvalue weighted by Crippen LogP contribution is -2.49. The van der Waals surface area contributed by atoms with Crippen molar-refractivity contribution in [2.45, 2.75) is 39.3 Å². The van der Waals surface area contributed by atoms with E-state index in [2.05, 4.69) is 4.98 Å². The van der Waals surface area contributed by atoms with Gasteiger partial charge in [-0.1, -0.05) is 0 Å². The fourth-order valence-corrected chi connectivity index (χ4v) is 3.97. The first-order chi connectivity index (χ1) is 13.9. The number of carbonyl (C=O) groups is 3. The van der Waals surface area contributed by atoms with Crippen LogP contribution in [0.15, 0.2) is 23.1 Å². The van der Waals surface area contributed by atoms with Gasteiger partial charge in [-0.05, 0) is 38.8 Å². The van der Waals surface area contributed by atoms with Gasteiger partial charge in [-0.2, -0.15) is 0 Å². The van der Waals surface area contributed by atoms with Crippen molar-refractivity contribution in [2.75, 3.05) is 19.7 Å². The quantitative estimate of drug-likeness (QED) is 0.773. The third-order valence-electron chi connectivity index (χ3n) is 5.53. The summed E-state index contributed by atoms with van der Waals surface area (Å²) in [5, 5.41) is 0.420. The molecule has 0 saturated carbocycles. The van der Waals surface area contributed by atoms with E-state index in [1.807, 2.05) is 18.4 Å². The van der Waals surface area contributed by atoms with E-state index in [-0.39, 0.29) is 35.5 Å². The number of nitrogens with zero attached hydrogens (tertiary/aromatic N) is 4. The van der Waals surface area contributed by atoms with Gasteiger partial charge in [0.05, 0.1) is 5.39 Å². The van der Waals surface area contributed by atoms with E-state index in [0.29, 0.717) is 43.5 Å². The third kappa shape index (κ3) is 3.26. The summed E-state index contributed by atoms with van der Waals surface area (Å²) in [5.74, 6) is -0.684. The highest BCUT2D eigenvalue weighted by molar-refractivity contribution is 5.98. The molecule has 3 amide bonds. The molecule has 0 bridgehead atoms. The molecule has 2 aromatic heterocycles. The van der Waals surface area contributed by atoms with Gasteiger partial charge in [-0.15, -0.1) is 0 Å². The lowest BCUT2D eigenvalue weighted by molar-refractivity contribution is -0.127. The normalized spacial score (nSPS) is 17.9. The highest BCUT2D eigenvalue weighted by atomic mass is 16.6. The van der Waals surface area contributed by atoms with Gasteiger partial charge in [0.15, 0.2) is 6.61 Å². The van der Waals surface area contributed by atoms with E-state index in [0.717, 1.165) is 10.6 Å². The van der Waals surface area contributed by atoms with E-state index >= 15 is 0 Å². The Labute approximate surface area is 166 Å². The summed E-state index contributed by atoms with van der Waals surface area (Å²) in [6.07, 6.45) is 1.88. The Balaban J connectivity index is 1.58. The molecule has 2 aliphatic rings. The fourth-order valence-electron chi connectivity index (χ4n) is 3.97. The molecule has 0 N–H and O–H groups in total. The smallest absolute Gasteiger partial charge is 0.417 e. The maximum atomic E-state index is 13.1. The number of hydrogen-bond acceptors (Lipinski definition) is 6. The van der Waals surface area contributed by atoms with Gasteiger partial charge in [0.1, 0.15) is 11.2 Å². The molecule has 2 aliphatic heterocycles. The molecule has 0 aliphatic carbocycles. The number of amides is 3. The van der Waals surface area contributed by atoms with Crippen molar-refractivity contribution in [1.82, 2.24) is 19.4 Å². The van der Waals surface area contributed by atoms with Crippen LogP contribution in [0.3, 0.4) is 0 Å². The van der Waals surface area contributed by atoms with Gasteiger partial charge >= 0.3 is 6.09 Å². The van der Waals surface area contributed by atoms with Crippen LogP contribution in [-0.2, 0) is 16.1 Å². The van der Waals surface area contributed by atoms with Crippen LogP contribution < -0.4 is 5.43 Å². The number of imide groups is 1. The number of cyclic esters (lactones) is 1. The minimum absolute atomic E-state index is 0.111. The minimum Gasteiger partial charge on any atom is -0.439 e. The zero-order valence-electron chi connectivity index (χ0n) is 16.4. The highest BCUT2D eigenvalue weighted by Gasteiger charge is 2.39. The van der Waals surface area contributed by atoms with Gasteiger partial charge in [0, 0.05) is 37.6 Å². The third-order valence-corrected chi connectivity index (χ3v) is 5.53. The summed E-state index contributed by atoms with van der Waals surface area (Å²) >= 11 is 0. The van der Waals surface area contributed by atoms with Crippen LogP contribution in [0.5, 0.6) is 0 Å². The number of fused-ring (bicyclic) bond motifs is 1. The van der Waals surface area contributed by atoms with Gasteiger partial charge < -0.3 is 14.2 Å². The molecule has 0 aromatic carbocycles. The Hall–Kier alpha value is -3.23. The number of carbonyl (C=O) groups excluding carboxylic acids is 3. The standard InChI is InChI=1S/C20H22N4O5/c1-3-22-10-15(17(26)14-5-4-12(2)21-18(14)22)19(27)23-8-6-13(7-9-23)24-16(25)11-29-20(24)28/h4-5,10,13H,3,6-9,11H2,1-2H3. The predicted molar refractivity (Wildman–Crippen MR) is 104 cm³/mol. The number of rotatable bonds is 3. The zero-order chi connectivity index (χ0) is 20.7. The molecule has 9 nitrogen and oxygen atoms in total. The van der Waals surface area contributed by atoms with Crippen LogP contribution in [-0.4, -0.2) is 63.0 Å². The van der Waals surface area contributed by atoms with E-state index in [1.165, 1.54) is 0 Å². The molecule has 2 aromatic rings. The molecule has 0 spiro atoms. The maximum Gasteiger partial charge on any atom is 0.417 e. The summed E-state index contributed by atoms with van der Waals surface area (Å²) in [6, 6.07) is 3.19. The van der Waals surface area contributed by atoms with Gasteiger partial charge in [0.2, 0.25) is 5.43 Å². The second kappa shape index (κ2) is 7.31. The van der Waals surface area contributed by atoms with E-state index in [1.54, 1.807) is 23.2 Å². The van der Waals surface area contributed by atoms with Crippen molar-refractivity contribution in [1.29, 1.82) is 0 Å². The number of hydrogen-bond donors (Lipinski definition) is 0. The van der Waals surface area contributed by atoms with Gasteiger partial charge in [0.25, 0.3) is 11.8 Å². The molecule has 0 unspecified atom stereocenters. The SMILES string of the molecule is CCn1cc(C(=O)N2CCC(N3C(=O)COC3=O)CC2)c(=O)c2ccc(C)nc21. The number of aryl methyl sites for hydroxylation is 2. The molecular weight excluding hydrogens is 376 g/mol. The zero-order valence-corrected chi connectivity index (χ0v) is 16.4. The lowest BCUT2D eigenvalue weighted by Gasteiger charge is -2.34. The van der Waals surface area contributed by atoms with Crippen molar-refractivity contribution in [3.05, 3.63) is 39.8 Å². The molecule has 4 heterocycles. The number of likely N-dealkylation sites (tertiary alicyclic amines) is 1. The summed E-state index contributed by atoms with van der Waals surface area (Å²) in [6.45, 7) is 4.86. The summed E-state index contributed by atoms with van der Waals surface area (Å²) < 4.78 is 6.58. The molecule has 0 radical (unpaired) electrons. The molecule has 2 saturated heterocycles. The fraction of sp³-hybridized carbons (Fsp3) is 0.450. The maximum absolute atomic E-state index is 13.1. The summed E-state index contributed by atoms with van der Waals surface area (Å²) in [5.41, 5.74) is 1.15. The molecule has 2 fully saturated rings. The van der Waals surface area contributed by atoms with Crippen molar-refractivity contribution < 1.29 is 19.1 Å². The van der Waals surface area contributed by atoms with Crippen molar-refractivity contribution in [3.63, 3.8) is 0 Å². The van der Waals surface area contributed by atoms with Crippen molar-refractivity contribution in [2.24, 2.45) is 0 Å². The Kier molecular flexibility index (Phi) is 4.81. The Morgan fingerprint density at radius 2 is 1.93 bits per heavy atom. The molecule has 9 heteroatoms. The Morgan fingerprint density at radius 1 is 1.21 bits per heavy atom. The van der Waals surface area contributed by atoms with E-state index in [9.17, 15) is 19.2 Å². The molecule has 0 atom stereocenters. The van der Waals surface area contributed by atoms with Crippen LogP contribution in [0.1, 0.15) is 35.8 Å². The first-order valence-corrected chi connectivity index (χ1v) is 9.69. The first-order valence-electron chi connectivity index (χ1n) is 9.69. The number of ether oxygens (including phenoxy) is 1. The predicted octanol–water partition coefficient (Wildman–Crippen LogP) is 1.31. The van der Waals surface area contributed by atoms with Gasteiger partial charge in [-0.25, -0.2) is 14.7 Å². The molecular formula is C20H22N4O5. The average Bonchev–Trinajstić information content (AvgIpc) is 3.06. The summed E-state index contributed by atoms with van der Waals surface area (Å²) in [4.78, 5) is 56.8. The monoisotopic (exact) mass is 398 g/mol.